The van der Waals surface area contributed by atoms with Gasteiger partial charge in [0.05, 0.1) is 17.7 Å². The average Bonchev–Trinajstić information content (AvgIpc) is 3.14. The fourth-order valence-electron chi connectivity index (χ4n) is 3.40. The van der Waals surface area contributed by atoms with Crippen molar-refractivity contribution in [3.05, 3.63) is 42.1 Å². The van der Waals surface area contributed by atoms with Crippen LogP contribution in [0.3, 0.4) is 0 Å². The second-order valence-corrected chi connectivity index (χ2v) is 6.67. The number of benzene rings is 1. The molecule has 0 saturated carbocycles. The third-order valence-electron chi connectivity index (χ3n) is 4.89. The molecule has 0 bridgehead atoms. The number of carboxylic acid groups (broad SMARTS) is 1. The van der Waals surface area contributed by atoms with E-state index in [4.69, 9.17) is 9.47 Å². The molecular weight excluding hydrogens is 346 g/mol. The third kappa shape index (κ3) is 3.78. The van der Waals surface area contributed by atoms with Crippen LogP contribution in [0.2, 0.25) is 0 Å². The molecule has 2 N–H and O–H groups in total. The Morgan fingerprint density at radius 3 is 2.78 bits per heavy atom. The van der Waals surface area contributed by atoms with Gasteiger partial charge in [-0.2, -0.15) is 5.10 Å². The Morgan fingerprint density at radius 1 is 1.26 bits per heavy atom. The molecule has 1 fully saturated rings. The zero-order chi connectivity index (χ0) is 18.6. The molecule has 27 heavy (non-hydrogen) atoms. The molecule has 140 valence electrons. The Labute approximate surface area is 156 Å². The van der Waals surface area contributed by atoms with E-state index in [9.17, 15) is 9.90 Å². The van der Waals surface area contributed by atoms with Crippen molar-refractivity contribution >= 4 is 17.0 Å². The first-order valence-electron chi connectivity index (χ1n) is 9.11. The van der Waals surface area contributed by atoms with E-state index in [-0.39, 0.29) is 5.69 Å². The molecule has 7 heteroatoms. The van der Waals surface area contributed by atoms with Crippen molar-refractivity contribution in [3.8, 4) is 17.0 Å². The monoisotopic (exact) mass is 367 g/mol. The Morgan fingerprint density at radius 2 is 2.04 bits per heavy atom. The number of rotatable bonds is 6. The number of pyridine rings is 1. The topological polar surface area (TPSA) is 97.3 Å². The van der Waals surface area contributed by atoms with E-state index in [0.29, 0.717) is 29.3 Å². The molecule has 0 spiro atoms. The summed E-state index contributed by atoms with van der Waals surface area (Å²) in [5, 5.41) is 17.2. The molecule has 2 aromatic heterocycles. The summed E-state index contributed by atoms with van der Waals surface area (Å²) in [4.78, 5) is 15.6. The predicted molar refractivity (Wildman–Crippen MR) is 99.9 cm³/mol. The number of nitrogens with zero attached hydrogens (tertiary/aromatic N) is 2. The van der Waals surface area contributed by atoms with Crippen LogP contribution in [0.25, 0.3) is 22.3 Å². The van der Waals surface area contributed by atoms with E-state index in [1.54, 1.807) is 0 Å². The fourth-order valence-corrected chi connectivity index (χ4v) is 3.40. The van der Waals surface area contributed by atoms with Gasteiger partial charge in [-0.25, -0.2) is 9.78 Å². The predicted octanol–water partition coefficient (Wildman–Crippen LogP) is 3.52. The molecule has 0 aliphatic carbocycles. The van der Waals surface area contributed by atoms with Crippen molar-refractivity contribution < 1.29 is 19.4 Å². The number of aromatic carboxylic acids is 1. The zero-order valence-corrected chi connectivity index (χ0v) is 14.9. The fraction of sp³-hybridized carbons (Fsp3) is 0.350. The van der Waals surface area contributed by atoms with Crippen molar-refractivity contribution in [1.82, 2.24) is 15.2 Å². The number of carbonyl (C=O) groups is 1. The molecule has 1 aliphatic rings. The average molecular weight is 367 g/mol. The lowest BCUT2D eigenvalue weighted by atomic mass is 9.97. The molecule has 3 heterocycles. The number of aromatic amines is 1. The Kier molecular flexibility index (Phi) is 5.02. The van der Waals surface area contributed by atoms with Gasteiger partial charge in [0.1, 0.15) is 5.75 Å². The van der Waals surface area contributed by atoms with Gasteiger partial charge >= 0.3 is 5.97 Å². The molecule has 0 radical (unpaired) electrons. The van der Waals surface area contributed by atoms with Crippen LogP contribution < -0.4 is 4.74 Å². The summed E-state index contributed by atoms with van der Waals surface area (Å²) in [7, 11) is 0. The van der Waals surface area contributed by atoms with Crippen molar-refractivity contribution in [2.45, 2.75) is 19.3 Å². The normalized spacial score (nSPS) is 15.1. The maximum atomic E-state index is 11.4. The second-order valence-electron chi connectivity index (χ2n) is 6.67. The van der Waals surface area contributed by atoms with Crippen LogP contribution in [0.1, 0.15) is 29.8 Å². The lowest BCUT2D eigenvalue weighted by Crippen LogP contribution is -2.18. The number of carboxylic acids is 1. The third-order valence-corrected chi connectivity index (χ3v) is 4.89. The van der Waals surface area contributed by atoms with Gasteiger partial charge in [-0.1, -0.05) is 30.3 Å². The quantitative estimate of drug-likeness (QED) is 0.692. The van der Waals surface area contributed by atoms with E-state index in [1.165, 1.54) is 6.07 Å². The molecule has 4 rings (SSSR count). The number of aromatic nitrogens is 3. The van der Waals surface area contributed by atoms with Crippen molar-refractivity contribution in [1.29, 1.82) is 0 Å². The number of ether oxygens (including phenoxy) is 2. The van der Waals surface area contributed by atoms with Gasteiger partial charge in [0.25, 0.3) is 0 Å². The standard InChI is InChI=1S/C20H21N3O4/c24-20(25)15-12-16(27-11-8-13-6-9-26-10-7-13)17-18(22-23-19(17)21-15)14-4-2-1-3-5-14/h1-5,12-13H,6-11H2,(H,24,25)(H,21,22,23). The van der Waals surface area contributed by atoms with Crippen LogP contribution in [-0.4, -0.2) is 46.1 Å². The molecule has 0 amide bonds. The summed E-state index contributed by atoms with van der Waals surface area (Å²) >= 11 is 0. The van der Waals surface area contributed by atoms with Gasteiger partial charge in [0, 0.05) is 24.8 Å². The minimum absolute atomic E-state index is 0.0744. The highest BCUT2D eigenvalue weighted by molar-refractivity contribution is 5.98. The Bertz CT molecular complexity index is 933. The molecule has 1 saturated heterocycles. The zero-order valence-electron chi connectivity index (χ0n) is 14.9. The molecule has 0 unspecified atom stereocenters. The van der Waals surface area contributed by atoms with E-state index in [0.717, 1.165) is 43.7 Å². The first-order chi connectivity index (χ1) is 13.2. The van der Waals surface area contributed by atoms with Crippen LogP contribution in [-0.2, 0) is 4.74 Å². The summed E-state index contributed by atoms with van der Waals surface area (Å²) in [5.74, 6) is -0.0273. The van der Waals surface area contributed by atoms with Crippen molar-refractivity contribution in [2.75, 3.05) is 19.8 Å². The first-order valence-corrected chi connectivity index (χ1v) is 9.11. The number of H-pyrrole nitrogens is 1. The number of nitrogens with one attached hydrogen (secondary N) is 1. The van der Waals surface area contributed by atoms with E-state index >= 15 is 0 Å². The number of hydrogen-bond donors (Lipinski definition) is 2. The van der Waals surface area contributed by atoms with Crippen LogP contribution in [0.4, 0.5) is 0 Å². The lowest BCUT2D eigenvalue weighted by molar-refractivity contribution is 0.0593. The van der Waals surface area contributed by atoms with Crippen molar-refractivity contribution in [2.24, 2.45) is 5.92 Å². The molecular formula is C20H21N3O4. The first kappa shape index (κ1) is 17.5. The molecule has 7 nitrogen and oxygen atoms in total. The minimum Gasteiger partial charge on any atom is -0.493 e. The van der Waals surface area contributed by atoms with Gasteiger partial charge in [-0.15, -0.1) is 0 Å². The van der Waals surface area contributed by atoms with Crippen LogP contribution >= 0.6 is 0 Å². The highest BCUT2D eigenvalue weighted by Gasteiger charge is 2.19. The number of hydrogen-bond acceptors (Lipinski definition) is 5. The minimum atomic E-state index is -1.10. The van der Waals surface area contributed by atoms with E-state index < -0.39 is 5.97 Å². The summed E-state index contributed by atoms with van der Waals surface area (Å²) in [6, 6.07) is 11.2. The second kappa shape index (κ2) is 7.75. The van der Waals surface area contributed by atoms with Crippen LogP contribution in [0.15, 0.2) is 36.4 Å². The van der Waals surface area contributed by atoms with Crippen LogP contribution in [0, 0.1) is 5.92 Å². The molecule has 3 aromatic rings. The highest BCUT2D eigenvalue weighted by atomic mass is 16.5. The van der Waals surface area contributed by atoms with Crippen LogP contribution in [0.5, 0.6) is 5.75 Å². The van der Waals surface area contributed by atoms with Gasteiger partial charge in [0.2, 0.25) is 0 Å². The maximum Gasteiger partial charge on any atom is 0.354 e. The summed E-state index contributed by atoms with van der Waals surface area (Å²) in [6.45, 7) is 2.11. The molecule has 1 aromatic carbocycles. The molecule has 0 atom stereocenters. The Balaban J connectivity index is 1.65. The Hall–Kier alpha value is -2.93. The van der Waals surface area contributed by atoms with E-state index in [2.05, 4.69) is 15.2 Å². The highest BCUT2D eigenvalue weighted by Crippen LogP contribution is 2.34. The largest absolute Gasteiger partial charge is 0.493 e. The van der Waals surface area contributed by atoms with E-state index in [1.807, 2.05) is 30.3 Å². The summed E-state index contributed by atoms with van der Waals surface area (Å²) in [5.41, 5.74) is 1.99. The maximum absolute atomic E-state index is 11.4. The smallest absolute Gasteiger partial charge is 0.354 e. The summed E-state index contributed by atoms with van der Waals surface area (Å²) < 4.78 is 11.4. The van der Waals surface area contributed by atoms with Gasteiger partial charge in [-0.3, -0.25) is 5.10 Å². The van der Waals surface area contributed by atoms with Gasteiger partial charge in [0.15, 0.2) is 11.3 Å². The molecule has 1 aliphatic heterocycles. The summed E-state index contributed by atoms with van der Waals surface area (Å²) in [6.07, 6.45) is 2.99. The van der Waals surface area contributed by atoms with Gasteiger partial charge < -0.3 is 14.6 Å². The lowest BCUT2D eigenvalue weighted by Gasteiger charge is -2.22. The number of fused-ring (bicyclic) bond motifs is 1. The van der Waals surface area contributed by atoms with Gasteiger partial charge in [-0.05, 0) is 25.2 Å². The van der Waals surface area contributed by atoms with Crippen molar-refractivity contribution in [3.63, 3.8) is 0 Å². The SMILES string of the molecule is O=C(O)c1cc(OCCC2CCOCC2)c2c(-c3ccccc3)[nH]nc2n1.